The molecular formula is C18H17N3O2. The summed E-state index contributed by atoms with van der Waals surface area (Å²) >= 11 is 0. The van der Waals surface area contributed by atoms with E-state index in [1.807, 2.05) is 24.3 Å². The maximum Gasteiger partial charge on any atom is 0.274 e. The van der Waals surface area contributed by atoms with Crippen molar-refractivity contribution in [3.05, 3.63) is 75.5 Å². The van der Waals surface area contributed by atoms with Crippen LogP contribution in [0.15, 0.2) is 48.5 Å². The van der Waals surface area contributed by atoms with Crippen LogP contribution in [0, 0.1) is 17.0 Å². The lowest BCUT2D eigenvalue weighted by Crippen LogP contribution is -2.34. The summed E-state index contributed by atoms with van der Waals surface area (Å²) in [5, 5.41) is 16.1. The minimum Gasteiger partial charge on any atom is -0.341 e. The smallest absolute Gasteiger partial charge is 0.274 e. The van der Waals surface area contributed by atoms with Gasteiger partial charge in [-0.1, -0.05) is 36.4 Å². The van der Waals surface area contributed by atoms with E-state index in [0.717, 1.165) is 24.3 Å². The van der Waals surface area contributed by atoms with Crippen LogP contribution >= 0.6 is 0 Å². The van der Waals surface area contributed by atoms with Crippen LogP contribution in [-0.2, 0) is 6.54 Å². The summed E-state index contributed by atoms with van der Waals surface area (Å²) in [4.78, 5) is 11.1. The molecule has 0 spiro atoms. The molecule has 1 aromatic heterocycles. The molecule has 0 amide bonds. The first-order valence-corrected chi connectivity index (χ1v) is 7.73. The van der Waals surface area contributed by atoms with Gasteiger partial charge in [0.05, 0.1) is 16.5 Å². The third-order valence-electron chi connectivity index (χ3n) is 4.68. The number of benzene rings is 2. The van der Waals surface area contributed by atoms with E-state index in [0.29, 0.717) is 0 Å². The number of rotatable bonds is 2. The van der Waals surface area contributed by atoms with Gasteiger partial charge in [-0.3, -0.25) is 10.1 Å². The van der Waals surface area contributed by atoms with E-state index < -0.39 is 0 Å². The van der Waals surface area contributed by atoms with Gasteiger partial charge < -0.3 is 9.88 Å². The number of aryl methyl sites for hydroxylation is 1. The molecule has 0 aliphatic carbocycles. The highest BCUT2D eigenvalue weighted by Crippen LogP contribution is 2.37. The summed E-state index contributed by atoms with van der Waals surface area (Å²) in [5.74, 6) is 0. The lowest BCUT2D eigenvalue weighted by atomic mass is 9.97. The SMILES string of the molecule is Cc1c2n(c3ccccc13)CCNC2c1ccccc1[N+](=O)[O-]. The largest absolute Gasteiger partial charge is 0.341 e. The Morgan fingerprint density at radius 2 is 1.91 bits per heavy atom. The van der Waals surface area contributed by atoms with Crippen molar-refractivity contribution >= 4 is 16.6 Å². The quantitative estimate of drug-likeness (QED) is 0.582. The maximum absolute atomic E-state index is 11.4. The van der Waals surface area contributed by atoms with Crippen LogP contribution in [0.1, 0.15) is 22.9 Å². The van der Waals surface area contributed by atoms with Crippen LogP contribution in [0.3, 0.4) is 0 Å². The standard InChI is InChI=1S/C18H17N3O2/c1-12-13-6-2-4-8-15(13)20-11-10-19-17(18(12)20)14-7-3-5-9-16(14)21(22)23/h2-9,17,19H,10-11H2,1H3. The predicted molar refractivity (Wildman–Crippen MR) is 89.6 cm³/mol. The highest BCUT2D eigenvalue weighted by Gasteiger charge is 2.30. The topological polar surface area (TPSA) is 60.1 Å². The summed E-state index contributed by atoms with van der Waals surface area (Å²) < 4.78 is 2.29. The summed E-state index contributed by atoms with van der Waals surface area (Å²) in [6, 6.07) is 15.2. The number of nitro benzene ring substituents is 1. The van der Waals surface area contributed by atoms with E-state index in [2.05, 4.69) is 28.9 Å². The number of hydrogen-bond acceptors (Lipinski definition) is 3. The maximum atomic E-state index is 11.4. The second kappa shape index (κ2) is 5.21. The molecule has 3 aromatic rings. The van der Waals surface area contributed by atoms with Crippen LogP contribution < -0.4 is 5.32 Å². The first-order chi connectivity index (χ1) is 11.2. The van der Waals surface area contributed by atoms with Gasteiger partial charge in [-0.2, -0.15) is 0 Å². The van der Waals surface area contributed by atoms with Gasteiger partial charge in [0.2, 0.25) is 0 Å². The van der Waals surface area contributed by atoms with Crippen molar-refractivity contribution in [2.24, 2.45) is 0 Å². The Hall–Kier alpha value is -2.66. The van der Waals surface area contributed by atoms with Crippen molar-refractivity contribution in [1.82, 2.24) is 9.88 Å². The second-order valence-corrected chi connectivity index (χ2v) is 5.88. The van der Waals surface area contributed by atoms with Crippen LogP contribution in [-0.4, -0.2) is 16.0 Å². The normalized spacial score (nSPS) is 17.2. The highest BCUT2D eigenvalue weighted by molar-refractivity contribution is 5.86. The third kappa shape index (κ3) is 2.04. The molecule has 1 aliphatic heterocycles. The van der Waals surface area contributed by atoms with Gasteiger partial charge in [-0.15, -0.1) is 0 Å². The van der Waals surface area contributed by atoms with E-state index in [1.165, 1.54) is 16.5 Å². The molecule has 5 nitrogen and oxygen atoms in total. The fourth-order valence-electron chi connectivity index (χ4n) is 3.68. The minimum atomic E-state index is -0.298. The molecular weight excluding hydrogens is 290 g/mol. The summed E-state index contributed by atoms with van der Waals surface area (Å²) in [6.45, 7) is 3.77. The molecule has 2 aromatic carbocycles. The van der Waals surface area contributed by atoms with Gasteiger partial charge in [0.15, 0.2) is 0 Å². The average molecular weight is 307 g/mol. The molecule has 2 heterocycles. The van der Waals surface area contributed by atoms with E-state index in [1.54, 1.807) is 12.1 Å². The minimum absolute atomic E-state index is 0.155. The molecule has 1 atom stereocenters. The van der Waals surface area contributed by atoms with Gasteiger partial charge in [-0.05, 0) is 18.6 Å². The number of nitrogens with zero attached hydrogens (tertiary/aromatic N) is 2. The van der Waals surface area contributed by atoms with Crippen LogP contribution in [0.5, 0.6) is 0 Å². The third-order valence-corrected chi connectivity index (χ3v) is 4.68. The molecule has 5 heteroatoms. The molecule has 1 unspecified atom stereocenters. The molecule has 0 radical (unpaired) electrons. The second-order valence-electron chi connectivity index (χ2n) is 5.88. The Labute approximate surface area is 133 Å². The lowest BCUT2D eigenvalue weighted by Gasteiger charge is -2.28. The van der Waals surface area contributed by atoms with Crippen LogP contribution in [0.2, 0.25) is 0 Å². The van der Waals surface area contributed by atoms with Crippen molar-refractivity contribution < 1.29 is 4.92 Å². The van der Waals surface area contributed by atoms with Gasteiger partial charge in [0, 0.05) is 35.8 Å². The Bertz CT molecular complexity index is 914. The van der Waals surface area contributed by atoms with Gasteiger partial charge in [-0.25, -0.2) is 0 Å². The number of fused-ring (bicyclic) bond motifs is 3. The Morgan fingerprint density at radius 1 is 1.17 bits per heavy atom. The molecule has 1 N–H and O–H groups in total. The Balaban J connectivity index is 1.97. The van der Waals surface area contributed by atoms with Crippen molar-refractivity contribution in [1.29, 1.82) is 0 Å². The number of nitrogens with one attached hydrogen (secondary N) is 1. The highest BCUT2D eigenvalue weighted by atomic mass is 16.6. The van der Waals surface area contributed by atoms with E-state index in [9.17, 15) is 10.1 Å². The summed E-state index contributed by atoms with van der Waals surface area (Å²) in [5.41, 5.74) is 4.42. The number of para-hydroxylation sites is 2. The van der Waals surface area contributed by atoms with Crippen LogP contribution in [0.25, 0.3) is 10.9 Å². The Kier molecular flexibility index (Phi) is 3.16. The predicted octanol–water partition coefficient (Wildman–Crippen LogP) is 3.55. The molecule has 1 aliphatic rings. The van der Waals surface area contributed by atoms with Crippen molar-refractivity contribution in [3.8, 4) is 0 Å². The van der Waals surface area contributed by atoms with Crippen molar-refractivity contribution in [3.63, 3.8) is 0 Å². The fourth-order valence-corrected chi connectivity index (χ4v) is 3.68. The van der Waals surface area contributed by atoms with E-state index >= 15 is 0 Å². The molecule has 0 saturated carbocycles. The number of hydrogen-bond donors (Lipinski definition) is 1. The monoisotopic (exact) mass is 307 g/mol. The number of nitro groups is 1. The van der Waals surface area contributed by atoms with Crippen molar-refractivity contribution in [2.75, 3.05) is 6.54 Å². The van der Waals surface area contributed by atoms with Gasteiger partial charge >= 0.3 is 0 Å². The average Bonchev–Trinajstić information content (AvgIpc) is 2.88. The van der Waals surface area contributed by atoms with Gasteiger partial charge in [0.25, 0.3) is 5.69 Å². The summed E-state index contributed by atoms with van der Waals surface area (Å²) in [7, 11) is 0. The number of aromatic nitrogens is 1. The van der Waals surface area contributed by atoms with Crippen LogP contribution in [0.4, 0.5) is 5.69 Å². The van der Waals surface area contributed by atoms with Gasteiger partial charge in [0.1, 0.15) is 0 Å². The molecule has 4 rings (SSSR count). The van der Waals surface area contributed by atoms with E-state index in [4.69, 9.17) is 0 Å². The zero-order chi connectivity index (χ0) is 16.0. The Morgan fingerprint density at radius 3 is 2.74 bits per heavy atom. The zero-order valence-corrected chi connectivity index (χ0v) is 12.8. The molecule has 116 valence electrons. The zero-order valence-electron chi connectivity index (χ0n) is 12.8. The molecule has 0 saturated heterocycles. The first-order valence-electron chi connectivity index (χ1n) is 7.73. The lowest BCUT2D eigenvalue weighted by molar-refractivity contribution is -0.385. The molecule has 0 bridgehead atoms. The van der Waals surface area contributed by atoms with E-state index in [-0.39, 0.29) is 16.7 Å². The molecule has 0 fully saturated rings. The summed E-state index contributed by atoms with van der Waals surface area (Å²) in [6.07, 6.45) is 0. The fraction of sp³-hybridized carbons (Fsp3) is 0.222. The van der Waals surface area contributed by atoms with Crippen molar-refractivity contribution in [2.45, 2.75) is 19.5 Å². The molecule has 23 heavy (non-hydrogen) atoms. The first kappa shape index (κ1) is 14.0.